The van der Waals surface area contributed by atoms with Crippen LogP contribution in [0.3, 0.4) is 0 Å². The molecule has 0 aliphatic carbocycles. The summed E-state index contributed by atoms with van der Waals surface area (Å²) < 4.78 is 5.07. The third-order valence-electron chi connectivity index (χ3n) is 4.77. The molecular formula is C18H29N3O3. The number of hydrogen-bond donors (Lipinski definition) is 2. The second-order valence-corrected chi connectivity index (χ2v) is 6.36. The van der Waals surface area contributed by atoms with Crippen LogP contribution in [0.1, 0.15) is 65.2 Å². The van der Waals surface area contributed by atoms with Crippen molar-refractivity contribution >= 4 is 11.9 Å². The summed E-state index contributed by atoms with van der Waals surface area (Å²) in [6.45, 7) is 10.7. The first kappa shape index (κ1) is 18.5. The van der Waals surface area contributed by atoms with Crippen LogP contribution < -0.4 is 5.32 Å². The van der Waals surface area contributed by atoms with Crippen molar-refractivity contribution in [2.75, 3.05) is 26.2 Å². The number of aromatic amines is 1. The zero-order valence-electron chi connectivity index (χ0n) is 15.2. The van der Waals surface area contributed by atoms with Crippen LogP contribution in [0.4, 0.5) is 0 Å². The average Bonchev–Trinajstić information content (AvgIpc) is 3.16. The second kappa shape index (κ2) is 8.33. The molecule has 6 nitrogen and oxygen atoms in total. The van der Waals surface area contributed by atoms with Gasteiger partial charge in [0.2, 0.25) is 0 Å². The van der Waals surface area contributed by atoms with Crippen LogP contribution >= 0.6 is 0 Å². The normalized spacial score (nSPS) is 16.2. The fraction of sp³-hybridized carbons (Fsp3) is 0.667. The first-order valence-electron chi connectivity index (χ1n) is 8.88. The molecule has 2 rings (SSSR count). The Bertz CT molecular complexity index is 589. The molecule has 1 aliphatic rings. The minimum absolute atomic E-state index is 0.163. The Labute approximate surface area is 143 Å². The fourth-order valence-electron chi connectivity index (χ4n) is 3.42. The largest absolute Gasteiger partial charge is 0.462 e. The van der Waals surface area contributed by atoms with E-state index < -0.39 is 0 Å². The third kappa shape index (κ3) is 3.98. The molecule has 2 heterocycles. The number of likely N-dealkylation sites (tertiary alicyclic amines) is 1. The number of nitrogens with zero attached hydrogens (tertiary/aromatic N) is 1. The fourth-order valence-corrected chi connectivity index (χ4v) is 3.42. The standard InChI is InChI=1S/C18H29N3O3/c1-5-14(21-9-7-8-10-21)11-19-17(22)16-12(3)15(13(4)20-16)18(23)24-6-2/h14,20H,5-11H2,1-4H3,(H,19,22). The van der Waals surface area contributed by atoms with Gasteiger partial charge >= 0.3 is 5.97 Å². The van der Waals surface area contributed by atoms with E-state index in [0.29, 0.717) is 41.7 Å². The predicted octanol–water partition coefficient (Wildman–Crippen LogP) is 2.41. The van der Waals surface area contributed by atoms with E-state index in [4.69, 9.17) is 4.74 Å². The zero-order chi connectivity index (χ0) is 17.7. The highest BCUT2D eigenvalue weighted by Crippen LogP contribution is 2.19. The summed E-state index contributed by atoms with van der Waals surface area (Å²) in [5.74, 6) is -0.546. The van der Waals surface area contributed by atoms with Gasteiger partial charge in [-0.15, -0.1) is 0 Å². The van der Waals surface area contributed by atoms with E-state index in [1.807, 2.05) is 0 Å². The topological polar surface area (TPSA) is 74.4 Å². The van der Waals surface area contributed by atoms with E-state index in [-0.39, 0.29) is 11.9 Å². The van der Waals surface area contributed by atoms with Crippen LogP contribution in [0, 0.1) is 13.8 Å². The van der Waals surface area contributed by atoms with Gasteiger partial charge in [0, 0.05) is 18.3 Å². The van der Waals surface area contributed by atoms with Gasteiger partial charge in [-0.1, -0.05) is 6.92 Å². The number of H-pyrrole nitrogens is 1. The number of aryl methyl sites for hydroxylation is 1. The molecule has 134 valence electrons. The van der Waals surface area contributed by atoms with Crippen LogP contribution in [0.5, 0.6) is 0 Å². The highest BCUT2D eigenvalue weighted by molar-refractivity contribution is 6.00. The maximum absolute atomic E-state index is 12.5. The van der Waals surface area contributed by atoms with Gasteiger partial charge in [-0.3, -0.25) is 9.69 Å². The molecule has 1 aromatic heterocycles. The molecule has 0 radical (unpaired) electrons. The smallest absolute Gasteiger partial charge is 0.340 e. The first-order chi connectivity index (χ1) is 11.5. The van der Waals surface area contributed by atoms with Crippen molar-refractivity contribution < 1.29 is 14.3 Å². The summed E-state index contributed by atoms with van der Waals surface area (Å²) in [6, 6.07) is 0.373. The monoisotopic (exact) mass is 335 g/mol. The second-order valence-electron chi connectivity index (χ2n) is 6.36. The van der Waals surface area contributed by atoms with E-state index in [2.05, 4.69) is 22.1 Å². The Morgan fingerprint density at radius 2 is 1.92 bits per heavy atom. The van der Waals surface area contributed by atoms with Crippen molar-refractivity contribution in [3.8, 4) is 0 Å². The lowest BCUT2D eigenvalue weighted by Crippen LogP contribution is -2.42. The summed E-state index contributed by atoms with van der Waals surface area (Å²) in [5.41, 5.74) is 2.24. The molecule has 2 N–H and O–H groups in total. The van der Waals surface area contributed by atoms with Gasteiger partial charge in [-0.2, -0.15) is 0 Å². The molecular weight excluding hydrogens is 306 g/mol. The Balaban J connectivity index is 2.04. The SMILES string of the molecule is CCOC(=O)c1c(C)[nH]c(C(=O)NCC(CC)N2CCCC2)c1C. The molecule has 0 bridgehead atoms. The Hall–Kier alpha value is -1.82. The number of esters is 1. The maximum Gasteiger partial charge on any atom is 0.340 e. The van der Waals surface area contributed by atoms with Crippen molar-refractivity contribution in [2.24, 2.45) is 0 Å². The van der Waals surface area contributed by atoms with E-state index >= 15 is 0 Å². The average molecular weight is 335 g/mol. The Kier molecular flexibility index (Phi) is 6.43. The molecule has 1 amide bonds. The predicted molar refractivity (Wildman–Crippen MR) is 93.4 cm³/mol. The van der Waals surface area contributed by atoms with Crippen molar-refractivity contribution in [1.82, 2.24) is 15.2 Å². The molecule has 1 atom stereocenters. The third-order valence-corrected chi connectivity index (χ3v) is 4.77. The van der Waals surface area contributed by atoms with Crippen molar-refractivity contribution in [3.05, 3.63) is 22.5 Å². The van der Waals surface area contributed by atoms with E-state index in [9.17, 15) is 9.59 Å². The molecule has 24 heavy (non-hydrogen) atoms. The van der Waals surface area contributed by atoms with Gasteiger partial charge in [-0.05, 0) is 58.7 Å². The Morgan fingerprint density at radius 1 is 1.25 bits per heavy atom. The summed E-state index contributed by atoms with van der Waals surface area (Å²) in [4.78, 5) is 30.0. The summed E-state index contributed by atoms with van der Waals surface area (Å²) >= 11 is 0. The van der Waals surface area contributed by atoms with Crippen LogP contribution in [-0.4, -0.2) is 54.0 Å². The number of carbonyl (C=O) groups excluding carboxylic acids is 2. The van der Waals surface area contributed by atoms with Gasteiger partial charge < -0.3 is 15.0 Å². The van der Waals surface area contributed by atoms with Gasteiger partial charge in [0.1, 0.15) is 5.69 Å². The van der Waals surface area contributed by atoms with Gasteiger partial charge in [0.15, 0.2) is 0 Å². The molecule has 0 spiro atoms. The lowest BCUT2D eigenvalue weighted by molar-refractivity contribution is 0.0525. The summed E-state index contributed by atoms with van der Waals surface area (Å²) in [6.07, 6.45) is 3.49. The van der Waals surface area contributed by atoms with E-state index in [0.717, 1.165) is 19.5 Å². The molecule has 1 fully saturated rings. The quantitative estimate of drug-likeness (QED) is 0.751. The lowest BCUT2D eigenvalue weighted by Gasteiger charge is -2.26. The van der Waals surface area contributed by atoms with Crippen molar-refractivity contribution in [1.29, 1.82) is 0 Å². The number of hydrogen-bond acceptors (Lipinski definition) is 4. The highest BCUT2D eigenvalue weighted by atomic mass is 16.5. The van der Waals surface area contributed by atoms with Gasteiger partial charge in [0.05, 0.1) is 12.2 Å². The number of nitrogens with one attached hydrogen (secondary N) is 2. The molecule has 1 unspecified atom stereocenters. The molecule has 0 aromatic carbocycles. The number of rotatable bonds is 7. The van der Waals surface area contributed by atoms with Crippen LogP contribution in [0.2, 0.25) is 0 Å². The molecule has 1 saturated heterocycles. The maximum atomic E-state index is 12.5. The van der Waals surface area contributed by atoms with Crippen LogP contribution in [-0.2, 0) is 4.74 Å². The van der Waals surface area contributed by atoms with Crippen molar-refractivity contribution in [3.63, 3.8) is 0 Å². The lowest BCUT2D eigenvalue weighted by atomic mass is 10.1. The van der Waals surface area contributed by atoms with Crippen LogP contribution in [0.25, 0.3) is 0 Å². The zero-order valence-corrected chi connectivity index (χ0v) is 15.2. The molecule has 1 aromatic rings. The number of aromatic nitrogens is 1. The van der Waals surface area contributed by atoms with Crippen molar-refractivity contribution in [2.45, 2.75) is 53.0 Å². The van der Waals surface area contributed by atoms with Gasteiger partial charge in [0.25, 0.3) is 5.91 Å². The first-order valence-corrected chi connectivity index (χ1v) is 8.88. The van der Waals surface area contributed by atoms with E-state index in [1.54, 1.807) is 20.8 Å². The molecule has 6 heteroatoms. The summed E-state index contributed by atoms with van der Waals surface area (Å²) in [5, 5.41) is 3.02. The number of amides is 1. The Morgan fingerprint density at radius 3 is 2.50 bits per heavy atom. The number of ether oxygens (including phenoxy) is 1. The molecule has 0 saturated carbocycles. The van der Waals surface area contributed by atoms with Crippen LogP contribution in [0.15, 0.2) is 0 Å². The number of carbonyl (C=O) groups is 2. The minimum atomic E-state index is -0.383. The summed E-state index contributed by atoms with van der Waals surface area (Å²) in [7, 11) is 0. The minimum Gasteiger partial charge on any atom is -0.462 e. The highest BCUT2D eigenvalue weighted by Gasteiger charge is 2.24. The van der Waals surface area contributed by atoms with E-state index in [1.165, 1.54) is 12.8 Å². The molecule has 1 aliphatic heterocycles. The van der Waals surface area contributed by atoms with Gasteiger partial charge in [-0.25, -0.2) is 4.79 Å².